The molecule has 0 aliphatic rings. The zero-order valence-corrected chi connectivity index (χ0v) is 13.8. The van der Waals surface area contributed by atoms with Crippen molar-refractivity contribution >= 4 is 22.7 Å². The van der Waals surface area contributed by atoms with Crippen molar-refractivity contribution in [2.45, 2.75) is 13.5 Å². The molecule has 1 N–H and O–H groups in total. The molecule has 9 heteroatoms. The van der Waals surface area contributed by atoms with Crippen LogP contribution in [0.4, 0.5) is 8.78 Å². The summed E-state index contributed by atoms with van der Waals surface area (Å²) < 4.78 is 32.9. The number of halogens is 2. The Labute approximate surface area is 147 Å². The Balaban J connectivity index is 1.54. The van der Waals surface area contributed by atoms with Gasteiger partial charge in [0.2, 0.25) is 0 Å². The number of carbonyl (C=O) groups excluding carboxylic acids is 1. The van der Waals surface area contributed by atoms with Gasteiger partial charge in [0.1, 0.15) is 11.3 Å². The fourth-order valence-corrected chi connectivity index (χ4v) is 2.21. The van der Waals surface area contributed by atoms with Crippen molar-refractivity contribution in [2.75, 3.05) is 6.61 Å². The number of hydrazone groups is 1. The molecule has 0 fully saturated rings. The van der Waals surface area contributed by atoms with Crippen molar-refractivity contribution < 1.29 is 18.3 Å². The van der Waals surface area contributed by atoms with Crippen molar-refractivity contribution in [3.63, 3.8) is 0 Å². The number of benzene rings is 2. The molecule has 0 atom stereocenters. The molecule has 1 aromatic heterocycles. The highest BCUT2D eigenvalue weighted by molar-refractivity contribution is 5.86. The number of hydrogen-bond donors (Lipinski definition) is 1. The molecule has 7 nitrogen and oxygen atoms in total. The third-order valence-corrected chi connectivity index (χ3v) is 3.42. The molecule has 0 aliphatic carbocycles. The first kappa shape index (κ1) is 17.5. The first-order chi connectivity index (χ1) is 12.5. The second-order valence-electron chi connectivity index (χ2n) is 5.48. The van der Waals surface area contributed by atoms with Gasteiger partial charge in [0.25, 0.3) is 5.91 Å². The Bertz CT molecular complexity index is 971. The van der Waals surface area contributed by atoms with Crippen LogP contribution >= 0.6 is 0 Å². The molecule has 0 saturated carbocycles. The standard InChI is InChI=1S/C17H15F2N5O2/c1-11(9-24-15-5-3-2-4-14(15)21-23-24)20-22-17(25)10-26-16-7-6-12(18)8-13(16)19/h2-8H,9-10H2,1H3,(H,22,25)/b20-11+. The van der Waals surface area contributed by atoms with Gasteiger partial charge >= 0.3 is 0 Å². The number of nitrogens with zero attached hydrogens (tertiary/aromatic N) is 4. The lowest BCUT2D eigenvalue weighted by molar-refractivity contribution is -0.123. The van der Waals surface area contributed by atoms with Crippen LogP contribution in [0.2, 0.25) is 0 Å². The number of aromatic nitrogens is 3. The van der Waals surface area contributed by atoms with Gasteiger partial charge in [-0.2, -0.15) is 5.10 Å². The van der Waals surface area contributed by atoms with E-state index in [0.717, 1.165) is 23.2 Å². The van der Waals surface area contributed by atoms with Crippen LogP contribution in [0.5, 0.6) is 5.75 Å². The lowest BCUT2D eigenvalue weighted by Gasteiger charge is -2.07. The van der Waals surface area contributed by atoms with Gasteiger partial charge in [-0.3, -0.25) is 4.79 Å². The van der Waals surface area contributed by atoms with Crippen LogP contribution in [0.3, 0.4) is 0 Å². The van der Waals surface area contributed by atoms with Gasteiger partial charge in [-0.25, -0.2) is 18.9 Å². The zero-order valence-electron chi connectivity index (χ0n) is 13.8. The van der Waals surface area contributed by atoms with Gasteiger partial charge in [0.05, 0.1) is 17.8 Å². The normalized spacial score (nSPS) is 11.6. The average molecular weight is 359 g/mol. The Kier molecular flexibility index (Phi) is 5.16. The Morgan fingerprint density at radius 1 is 1.27 bits per heavy atom. The summed E-state index contributed by atoms with van der Waals surface area (Å²) in [4.78, 5) is 11.7. The van der Waals surface area contributed by atoms with Gasteiger partial charge in [0.15, 0.2) is 18.2 Å². The van der Waals surface area contributed by atoms with E-state index in [0.29, 0.717) is 18.3 Å². The summed E-state index contributed by atoms with van der Waals surface area (Å²) in [7, 11) is 0. The number of amides is 1. The van der Waals surface area contributed by atoms with Gasteiger partial charge in [0, 0.05) is 6.07 Å². The number of ether oxygens (including phenoxy) is 1. The SMILES string of the molecule is C/C(Cn1nnc2ccccc21)=N\NC(=O)COc1ccc(F)cc1F. The van der Waals surface area contributed by atoms with Crippen LogP contribution in [-0.2, 0) is 11.3 Å². The van der Waals surface area contributed by atoms with Crippen LogP contribution in [0, 0.1) is 11.6 Å². The zero-order chi connectivity index (χ0) is 18.5. The maximum absolute atomic E-state index is 13.4. The first-order valence-corrected chi connectivity index (χ1v) is 7.71. The molecule has 26 heavy (non-hydrogen) atoms. The number of nitrogens with one attached hydrogen (secondary N) is 1. The summed E-state index contributed by atoms with van der Waals surface area (Å²) in [5.74, 6) is -2.39. The molecular weight excluding hydrogens is 344 g/mol. The van der Waals surface area contributed by atoms with E-state index in [2.05, 4.69) is 20.8 Å². The summed E-state index contributed by atoms with van der Waals surface area (Å²) in [6.45, 7) is 1.61. The molecule has 3 rings (SSSR count). The van der Waals surface area contributed by atoms with E-state index in [4.69, 9.17) is 4.74 Å². The fourth-order valence-electron chi connectivity index (χ4n) is 2.21. The van der Waals surface area contributed by atoms with Gasteiger partial charge in [-0.15, -0.1) is 5.10 Å². The maximum atomic E-state index is 13.4. The summed E-state index contributed by atoms with van der Waals surface area (Å²) in [6.07, 6.45) is 0. The highest BCUT2D eigenvalue weighted by Gasteiger charge is 2.08. The summed E-state index contributed by atoms with van der Waals surface area (Å²) in [5, 5.41) is 12.0. The van der Waals surface area contributed by atoms with Gasteiger partial charge in [-0.05, 0) is 31.2 Å². The number of fused-ring (bicyclic) bond motifs is 1. The largest absolute Gasteiger partial charge is 0.481 e. The number of para-hydroxylation sites is 1. The first-order valence-electron chi connectivity index (χ1n) is 7.71. The van der Waals surface area contributed by atoms with Crippen molar-refractivity contribution in [1.29, 1.82) is 0 Å². The Morgan fingerprint density at radius 3 is 2.88 bits per heavy atom. The number of carbonyl (C=O) groups is 1. The molecule has 0 aliphatic heterocycles. The van der Waals surface area contributed by atoms with E-state index in [1.165, 1.54) is 0 Å². The smallest absolute Gasteiger partial charge is 0.277 e. The van der Waals surface area contributed by atoms with Crippen molar-refractivity contribution in [3.8, 4) is 5.75 Å². The highest BCUT2D eigenvalue weighted by atomic mass is 19.1. The summed E-state index contributed by atoms with van der Waals surface area (Å²) >= 11 is 0. The van der Waals surface area contributed by atoms with Crippen molar-refractivity contribution in [3.05, 3.63) is 54.1 Å². The molecule has 1 heterocycles. The fraction of sp³-hybridized carbons (Fsp3) is 0.176. The van der Waals surface area contributed by atoms with E-state index in [9.17, 15) is 13.6 Å². The lowest BCUT2D eigenvalue weighted by atomic mass is 10.3. The van der Waals surface area contributed by atoms with E-state index in [1.54, 1.807) is 11.6 Å². The van der Waals surface area contributed by atoms with Gasteiger partial charge < -0.3 is 4.74 Å². The Morgan fingerprint density at radius 2 is 2.08 bits per heavy atom. The van der Waals surface area contributed by atoms with Crippen molar-refractivity contribution in [2.24, 2.45) is 5.10 Å². The minimum absolute atomic E-state index is 0.212. The van der Waals surface area contributed by atoms with E-state index in [1.807, 2.05) is 24.3 Å². The molecule has 0 bridgehead atoms. The minimum Gasteiger partial charge on any atom is -0.481 e. The van der Waals surface area contributed by atoms with Crippen LogP contribution in [0.1, 0.15) is 6.92 Å². The second kappa shape index (κ2) is 7.68. The van der Waals surface area contributed by atoms with E-state index < -0.39 is 24.1 Å². The molecule has 1 amide bonds. The van der Waals surface area contributed by atoms with E-state index >= 15 is 0 Å². The molecule has 3 aromatic rings. The van der Waals surface area contributed by atoms with Crippen LogP contribution in [0.25, 0.3) is 11.0 Å². The lowest BCUT2D eigenvalue weighted by Crippen LogP contribution is -2.26. The van der Waals surface area contributed by atoms with E-state index in [-0.39, 0.29) is 5.75 Å². The molecule has 134 valence electrons. The molecule has 2 aromatic carbocycles. The Hall–Kier alpha value is -3.36. The molecular formula is C17H15F2N5O2. The molecule has 0 radical (unpaired) electrons. The third-order valence-electron chi connectivity index (χ3n) is 3.42. The monoisotopic (exact) mass is 359 g/mol. The quantitative estimate of drug-likeness (QED) is 0.541. The molecule has 0 unspecified atom stereocenters. The van der Waals surface area contributed by atoms with Crippen molar-refractivity contribution in [1.82, 2.24) is 20.4 Å². The number of hydrogen-bond acceptors (Lipinski definition) is 5. The third kappa shape index (κ3) is 4.18. The predicted molar refractivity (Wildman–Crippen MR) is 90.6 cm³/mol. The summed E-state index contributed by atoms with van der Waals surface area (Å²) in [5.41, 5.74) is 4.51. The number of rotatable bonds is 6. The average Bonchev–Trinajstić information content (AvgIpc) is 3.02. The van der Waals surface area contributed by atoms with Crippen LogP contribution in [0.15, 0.2) is 47.6 Å². The minimum atomic E-state index is -0.879. The second-order valence-corrected chi connectivity index (χ2v) is 5.48. The summed E-state index contributed by atoms with van der Waals surface area (Å²) in [6, 6.07) is 10.3. The molecule has 0 saturated heterocycles. The predicted octanol–water partition coefficient (Wildman–Crippen LogP) is 2.28. The maximum Gasteiger partial charge on any atom is 0.277 e. The molecule has 0 spiro atoms. The topological polar surface area (TPSA) is 81.4 Å². The van der Waals surface area contributed by atoms with Crippen LogP contribution < -0.4 is 10.2 Å². The highest BCUT2D eigenvalue weighted by Crippen LogP contribution is 2.17. The van der Waals surface area contributed by atoms with Crippen LogP contribution in [-0.4, -0.2) is 33.2 Å². The van der Waals surface area contributed by atoms with Gasteiger partial charge in [-0.1, -0.05) is 17.3 Å².